The van der Waals surface area contributed by atoms with E-state index in [1.165, 1.54) is 7.11 Å². The van der Waals surface area contributed by atoms with Gasteiger partial charge in [-0.05, 0) is 31.9 Å². The van der Waals surface area contributed by atoms with Crippen LogP contribution < -0.4 is 5.32 Å². The van der Waals surface area contributed by atoms with Crippen LogP contribution in [0.15, 0.2) is 18.2 Å². The molecule has 5 heteroatoms. The Labute approximate surface area is 125 Å². The molecule has 0 fully saturated rings. The normalized spacial score (nSPS) is 12.0. The van der Waals surface area contributed by atoms with Gasteiger partial charge in [-0.15, -0.1) is 0 Å². The topological polar surface area (TPSA) is 75.6 Å². The molecule has 1 rings (SSSR count). The predicted octanol–water partition coefficient (Wildman–Crippen LogP) is 1.39. The molecule has 0 heterocycles. The van der Waals surface area contributed by atoms with Crippen LogP contribution in [0, 0.1) is 13.8 Å². The highest BCUT2D eigenvalue weighted by Crippen LogP contribution is 2.15. The lowest BCUT2D eigenvalue weighted by molar-refractivity contribution is -0.140. The maximum Gasteiger partial charge on any atom is 0.305 e. The summed E-state index contributed by atoms with van der Waals surface area (Å²) >= 11 is 0. The second-order valence-electron chi connectivity index (χ2n) is 5.03. The van der Waals surface area contributed by atoms with Crippen molar-refractivity contribution in [2.75, 3.05) is 20.3 Å². The number of aryl methyl sites for hydroxylation is 2. The van der Waals surface area contributed by atoms with E-state index in [1.54, 1.807) is 0 Å². The first-order valence-electron chi connectivity index (χ1n) is 7.02. The number of methoxy groups -OCH3 is 1. The number of hydrogen-bond acceptors (Lipinski definition) is 5. The summed E-state index contributed by atoms with van der Waals surface area (Å²) in [7, 11) is 1.32. The fraction of sp³-hybridized carbons (Fsp3) is 0.500. The van der Waals surface area contributed by atoms with Crippen molar-refractivity contribution < 1.29 is 19.4 Å². The lowest BCUT2D eigenvalue weighted by Gasteiger charge is -2.18. The maximum absolute atomic E-state index is 12.6. The van der Waals surface area contributed by atoms with Gasteiger partial charge in [0.05, 0.1) is 19.8 Å². The van der Waals surface area contributed by atoms with Crippen LogP contribution in [0.2, 0.25) is 0 Å². The van der Waals surface area contributed by atoms with Gasteiger partial charge in [-0.2, -0.15) is 0 Å². The van der Waals surface area contributed by atoms with Gasteiger partial charge in [0.15, 0.2) is 5.78 Å². The minimum atomic E-state index is -0.503. The van der Waals surface area contributed by atoms with Gasteiger partial charge in [0, 0.05) is 18.5 Å². The Kier molecular flexibility index (Phi) is 7.05. The van der Waals surface area contributed by atoms with E-state index in [0.29, 0.717) is 18.5 Å². The smallest absolute Gasteiger partial charge is 0.305 e. The number of ether oxygens (including phenoxy) is 1. The number of rotatable bonds is 8. The van der Waals surface area contributed by atoms with E-state index in [0.717, 1.165) is 11.1 Å². The van der Waals surface area contributed by atoms with Crippen LogP contribution in [-0.2, 0) is 9.53 Å². The van der Waals surface area contributed by atoms with E-state index >= 15 is 0 Å². The number of nitrogens with one attached hydrogen (secondary N) is 1. The number of aliphatic hydroxyl groups excluding tert-OH is 1. The average molecular weight is 293 g/mol. The van der Waals surface area contributed by atoms with Crippen molar-refractivity contribution in [1.29, 1.82) is 0 Å². The quantitative estimate of drug-likeness (QED) is 0.559. The molecule has 1 atom stereocenters. The van der Waals surface area contributed by atoms with Gasteiger partial charge in [-0.3, -0.25) is 9.59 Å². The highest BCUT2D eigenvalue weighted by atomic mass is 16.5. The van der Waals surface area contributed by atoms with E-state index < -0.39 is 6.04 Å². The van der Waals surface area contributed by atoms with E-state index in [1.807, 2.05) is 32.0 Å². The second kappa shape index (κ2) is 8.54. The van der Waals surface area contributed by atoms with Crippen LogP contribution in [0.25, 0.3) is 0 Å². The number of ketones is 1. The SMILES string of the molecule is COC(=O)CCC(NCCO)C(=O)c1cc(C)ccc1C. The molecule has 0 radical (unpaired) electrons. The van der Waals surface area contributed by atoms with Crippen molar-refractivity contribution in [3.8, 4) is 0 Å². The molecule has 2 N–H and O–H groups in total. The number of hydrogen-bond donors (Lipinski definition) is 2. The van der Waals surface area contributed by atoms with Gasteiger partial charge in [0.1, 0.15) is 0 Å². The first-order valence-corrected chi connectivity index (χ1v) is 7.02. The molecule has 0 aliphatic rings. The van der Waals surface area contributed by atoms with Gasteiger partial charge in [-0.1, -0.05) is 17.7 Å². The van der Waals surface area contributed by atoms with Crippen molar-refractivity contribution in [1.82, 2.24) is 5.32 Å². The first-order chi connectivity index (χ1) is 9.99. The summed E-state index contributed by atoms with van der Waals surface area (Å²) in [6.45, 7) is 4.06. The molecule has 1 aromatic rings. The molecule has 0 saturated heterocycles. The summed E-state index contributed by atoms with van der Waals surface area (Å²) in [6.07, 6.45) is 0.509. The van der Waals surface area contributed by atoms with Crippen LogP contribution in [-0.4, -0.2) is 43.2 Å². The minimum Gasteiger partial charge on any atom is -0.469 e. The molecule has 116 valence electrons. The molecule has 21 heavy (non-hydrogen) atoms. The van der Waals surface area contributed by atoms with Gasteiger partial charge >= 0.3 is 5.97 Å². The highest BCUT2D eigenvalue weighted by Gasteiger charge is 2.22. The molecule has 0 aromatic heterocycles. The van der Waals surface area contributed by atoms with Crippen LogP contribution in [0.5, 0.6) is 0 Å². The maximum atomic E-state index is 12.6. The zero-order chi connectivity index (χ0) is 15.8. The molecule has 5 nitrogen and oxygen atoms in total. The Morgan fingerprint density at radius 3 is 2.67 bits per heavy atom. The first kappa shape index (κ1) is 17.3. The Morgan fingerprint density at radius 1 is 1.33 bits per heavy atom. The van der Waals surface area contributed by atoms with Gasteiger partial charge in [-0.25, -0.2) is 0 Å². The lowest BCUT2D eigenvalue weighted by Crippen LogP contribution is -2.39. The zero-order valence-electron chi connectivity index (χ0n) is 12.8. The van der Waals surface area contributed by atoms with Crippen LogP contribution in [0.1, 0.15) is 34.3 Å². The lowest BCUT2D eigenvalue weighted by atomic mass is 9.95. The largest absolute Gasteiger partial charge is 0.469 e. The summed E-state index contributed by atoms with van der Waals surface area (Å²) < 4.78 is 4.61. The standard InChI is InChI=1S/C16H23NO4/c1-11-4-5-12(2)13(10-11)16(20)14(17-8-9-18)6-7-15(19)21-3/h4-5,10,14,17-18H,6-9H2,1-3H3. The molecule has 1 unspecified atom stereocenters. The summed E-state index contributed by atoms with van der Waals surface area (Å²) in [5, 5.41) is 11.9. The Bertz CT molecular complexity index is 499. The van der Waals surface area contributed by atoms with Gasteiger partial charge in [0.25, 0.3) is 0 Å². The monoisotopic (exact) mass is 293 g/mol. The number of Topliss-reactive ketones (excluding diaryl/α,β-unsaturated/α-hetero) is 1. The van der Waals surface area contributed by atoms with Crippen LogP contribution in [0.4, 0.5) is 0 Å². The van der Waals surface area contributed by atoms with Crippen molar-refractivity contribution in [3.63, 3.8) is 0 Å². The van der Waals surface area contributed by atoms with Crippen molar-refractivity contribution in [2.45, 2.75) is 32.7 Å². The summed E-state index contributed by atoms with van der Waals surface area (Å²) in [5.41, 5.74) is 2.56. The highest BCUT2D eigenvalue weighted by molar-refractivity contribution is 6.01. The molecule has 0 spiro atoms. The third-order valence-electron chi connectivity index (χ3n) is 3.34. The molecule has 0 aliphatic heterocycles. The molecule has 0 bridgehead atoms. The van der Waals surface area contributed by atoms with Crippen molar-refractivity contribution in [3.05, 3.63) is 34.9 Å². The Morgan fingerprint density at radius 2 is 2.05 bits per heavy atom. The second-order valence-corrected chi connectivity index (χ2v) is 5.03. The summed E-state index contributed by atoms with van der Waals surface area (Å²) in [6, 6.07) is 5.21. The third kappa shape index (κ3) is 5.28. The number of esters is 1. The Hall–Kier alpha value is -1.72. The minimum absolute atomic E-state index is 0.0607. The fourth-order valence-corrected chi connectivity index (χ4v) is 2.12. The number of carbonyl (C=O) groups is 2. The molecular formula is C16H23NO4. The Balaban J connectivity index is 2.87. The average Bonchev–Trinajstić information content (AvgIpc) is 2.48. The predicted molar refractivity (Wildman–Crippen MR) is 80.4 cm³/mol. The molecule has 1 aromatic carbocycles. The van der Waals surface area contributed by atoms with Crippen LogP contribution >= 0.6 is 0 Å². The molecule has 0 saturated carbocycles. The third-order valence-corrected chi connectivity index (χ3v) is 3.34. The molecule has 0 amide bonds. The molecular weight excluding hydrogens is 270 g/mol. The van der Waals surface area contributed by atoms with E-state index in [2.05, 4.69) is 10.1 Å². The number of benzene rings is 1. The number of aliphatic hydroxyl groups is 1. The van der Waals surface area contributed by atoms with Crippen molar-refractivity contribution in [2.24, 2.45) is 0 Å². The van der Waals surface area contributed by atoms with Gasteiger partial charge < -0.3 is 15.2 Å². The van der Waals surface area contributed by atoms with E-state index in [-0.39, 0.29) is 24.8 Å². The van der Waals surface area contributed by atoms with Crippen molar-refractivity contribution >= 4 is 11.8 Å². The van der Waals surface area contributed by atoms with Crippen LogP contribution in [0.3, 0.4) is 0 Å². The number of carbonyl (C=O) groups excluding carboxylic acids is 2. The van der Waals surface area contributed by atoms with Gasteiger partial charge in [0.2, 0.25) is 0 Å². The van der Waals surface area contributed by atoms with E-state index in [4.69, 9.17) is 5.11 Å². The zero-order valence-corrected chi connectivity index (χ0v) is 12.8. The fourth-order valence-electron chi connectivity index (χ4n) is 2.12. The summed E-state index contributed by atoms with van der Waals surface area (Å²) in [4.78, 5) is 23.9. The summed E-state index contributed by atoms with van der Waals surface area (Å²) in [5.74, 6) is -0.409. The molecule has 0 aliphatic carbocycles. The van der Waals surface area contributed by atoms with E-state index in [9.17, 15) is 9.59 Å².